The quantitative estimate of drug-likeness (QED) is 0.851. The van der Waals surface area contributed by atoms with Crippen LogP contribution in [0.1, 0.15) is 25.5 Å². The van der Waals surface area contributed by atoms with Gasteiger partial charge in [-0.2, -0.15) is 0 Å². The lowest BCUT2D eigenvalue weighted by Gasteiger charge is -2.17. The Hall–Kier alpha value is -1.13. The molecule has 0 aliphatic heterocycles. The lowest BCUT2D eigenvalue weighted by atomic mass is 10.1. The van der Waals surface area contributed by atoms with Crippen molar-refractivity contribution >= 4 is 17.5 Å². The van der Waals surface area contributed by atoms with E-state index in [9.17, 15) is 9.18 Å². The van der Waals surface area contributed by atoms with Gasteiger partial charge in [-0.15, -0.1) is 0 Å². The van der Waals surface area contributed by atoms with E-state index in [2.05, 4.69) is 5.32 Å². The van der Waals surface area contributed by atoms with E-state index in [1.165, 1.54) is 18.2 Å². The highest BCUT2D eigenvalue weighted by Gasteiger charge is 2.18. The van der Waals surface area contributed by atoms with E-state index >= 15 is 0 Å². The van der Waals surface area contributed by atoms with Crippen molar-refractivity contribution in [3.63, 3.8) is 0 Å². The zero-order valence-electron chi connectivity index (χ0n) is 9.84. The number of hydrogen-bond donors (Lipinski definition) is 2. The first-order valence-corrected chi connectivity index (χ1v) is 5.76. The van der Waals surface area contributed by atoms with Gasteiger partial charge in [0, 0.05) is 5.02 Å². The van der Waals surface area contributed by atoms with Gasteiger partial charge >= 0.3 is 0 Å². The van der Waals surface area contributed by atoms with Crippen molar-refractivity contribution in [1.82, 2.24) is 5.32 Å². The minimum atomic E-state index is -0.717. The van der Waals surface area contributed by atoms with Crippen LogP contribution in [0.25, 0.3) is 0 Å². The number of nitrogens with one attached hydrogen (secondary N) is 1. The number of benzene rings is 1. The second-order valence-corrected chi connectivity index (χ2v) is 4.78. The summed E-state index contributed by atoms with van der Waals surface area (Å²) in [4.78, 5) is 11.3. The van der Waals surface area contributed by atoms with Gasteiger partial charge in [0.25, 0.3) is 0 Å². The van der Waals surface area contributed by atoms with Gasteiger partial charge in [-0.3, -0.25) is 4.79 Å². The number of nitrogens with two attached hydrogens (primary N) is 1. The first-order valence-electron chi connectivity index (χ1n) is 5.39. The molecule has 0 aliphatic carbocycles. The van der Waals surface area contributed by atoms with Gasteiger partial charge < -0.3 is 11.1 Å². The zero-order chi connectivity index (χ0) is 13.0. The predicted molar refractivity (Wildman–Crippen MR) is 66.2 cm³/mol. The van der Waals surface area contributed by atoms with Gasteiger partial charge in [0.15, 0.2) is 0 Å². The van der Waals surface area contributed by atoms with E-state index in [0.29, 0.717) is 18.0 Å². The fraction of sp³-hybridized carbons (Fsp3) is 0.417. The molecule has 3 nitrogen and oxygen atoms in total. The fourth-order valence-electron chi connectivity index (χ4n) is 1.48. The highest BCUT2D eigenvalue weighted by atomic mass is 35.5. The number of hydrogen-bond acceptors (Lipinski definition) is 2. The third kappa shape index (κ3) is 4.32. The average Bonchev–Trinajstić information content (AvgIpc) is 2.14. The molecule has 1 aromatic carbocycles. The van der Waals surface area contributed by atoms with E-state index in [1.807, 2.05) is 13.8 Å². The van der Waals surface area contributed by atoms with Gasteiger partial charge in [-0.1, -0.05) is 25.4 Å². The topological polar surface area (TPSA) is 55.1 Å². The Morgan fingerprint density at radius 2 is 2.12 bits per heavy atom. The van der Waals surface area contributed by atoms with E-state index in [1.54, 1.807) is 0 Å². The molecule has 17 heavy (non-hydrogen) atoms. The molecule has 0 bridgehead atoms. The zero-order valence-corrected chi connectivity index (χ0v) is 10.6. The Labute approximate surface area is 105 Å². The summed E-state index contributed by atoms with van der Waals surface area (Å²) in [6.45, 7) is 4.62. The molecule has 0 spiro atoms. The maximum atomic E-state index is 13.2. The number of carbonyl (C=O) groups excluding carboxylic acids is 1. The Bertz CT molecular complexity index is 389. The van der Waals surface area contributed by atoms with Crippen molar-refractivity contribution in [1.29, 1.82) is 0 Å². The maximum absolute atomic E-state index is 13.2. The molecule has 5 heteroatoms. The van der Waals surface area contributed by atoms with E-state index in [4.69, 9.17) is 17.3 Å². The summed E-state index contributed by atoms with van der Waals surface area (Å²) in [6.07, 6.45) is 0. The Morgan fingerprint density at radius 3 is 2.59 bits per heavy atom. The van der Waals surface area contributed by atoms with Crippen LogP contribution in [0.15, 0.2) is 18.2 Å². The van der Waals surface area contributed by atoms with Crippen molar-refractivity contribution in [2.45, 2.75) is 19.9 Å². The number of amides is 1. The molecule has 0 saturated heterocycles. The molecule has 0 radical (unpaired) electrons. The SMILES string of the molecule is CC(C)CNC(C(N)=O)c1cc(F)cc(Cl)c1. The third-order valence-electron chi connectivity index (χ3n) is 2.23. The van der Waals surface area contributed by atoms with Crippen LogP contribution >= 0.6 is 11.6 Å². The van der Waals surface area contributed by atoms with Crippen LogP contribution in [0.5, 0.6) is 0 Å². The van der Waals surface area contributed by atoms with Crippen LogP contribution in [0, 0.1) is 11.7 Å². The molecular weight excluding hydrogens is 243 g/mol. The third-order valence-corrected chi connectivity index (χ3v) is 2.45. The minimum Gasteiger partial charge on any atom is -0.368 e. The van der Waals surface area contributed by atoms with E-state index in [-0.39, 0.29) is 5.02 Å². The van der Waals surface area contributed by atoms with Crippen molar-refractivity contribution in [2.75, 3.05) is 6.54 Å². The number of primary amides is 1. The molecular formula is C12H16ClFN2O. The van der Waals surface area contributed by atoms with Gasteiger partial charge in [0.2, 0.25) is 5.91 Å². The summed E-state index contributed by atoms with van der Waals surface area (Å²) in [5, 5.41) is 3.24. The molecule has 0 fully saturated rings. The normalized spacial score (nSPS) is 12.8. The Morgan fingerprint density at radius 1 is 1.47 bits per heavy atom. The second kappa shape index (κ2) is 5.98. The molecule has 1 unspecified atom stereocenters. The van der Waals surface area contributed by atoms with Crippen LogP contribution in [-0.2, 0) is 4.79 Å². The lowest BCUT2D eigenvalue weighted by Crippen LogP contribution is -2.35. The maximum Gasteiger partial charge on any atom is 0.239 e. The molecule has 0 aliphatic rings. The molecule has 0 heterocycles. The molecule has 0 aromatic heterocycles. The summed E-state index contributed by atoms with van der Waals surface area (Å²) in [7, 11) is 0. The number of rotatable bonds is 5. The standard InChI is InChI=1S/C12H16ClFN2O/c1-7(2)6-16-11(12(15)17)8-3-9(13)5-10(14)4-8/h3-5,7,11,16H,6H2,1-2H3,(H2,15,17). The first-order chi connectivity index (χ1) is 7.90. The number of halogens is 2. The van der Waals surface area contributed by atoms with Crippen molar-refractivity contribution in [3.8, 4) is 0 Å². The van der Waals surface area contributed by atoms with Crippen LogP contribution in [0.3, 0.4) is 0 Å². The van der Waals surface area contributed by atoms with Gasteiger partial charge in [0.1, 0.15) is 11.9 Å². The fourth-order valence-corrected chi connectivity index (χ4v) is 1.71. The monoisotopic (exact) mass is 258 g/mol. The van der Waals surface area contributed by atoms with E-state index in [0.717, 1.165) is 0 Å². The Kier molecular flexibility index (Phi) is 4.90. The molecule has 3 N–H and O–H groups in total. The molecule has 1 amide bonds. The van der Waals surface area contributed by atoms with Gasteiger partial charge in [-0.05, 0) is 36.2 Å². The van der Waals surface area contributed by atoms with E-state index < -0.39 is 17.8 Å². The van der Waals surface area contributed by atoms with Gasteiger partial charge in [-0.25, -0.2) is 4.39 Å². The van der Waals surface area contributed by atoms with Crippen molar-refractivity contribution in [3.05, 3.63) is 34.6 Å². The minimum absolute atomic E-state index is 0.248. The lowest BCUT2D eigenvalue weighted by molar-refractivity contribution is -0.120. The predicted octanol–water partition coefficient (Wildman–Crippen LogP) is 2.25. The first kappa shape index (κ1) is 13.9. The average molecular weight is 259 g/mol. The summed E-state index contributed by atoms with van der Waals surface area (Å²) < 4.78 is 13.2. The molecule has 1 rings (SSSR count). The molecule has 1 aromatic rings. The summed E-state index contributed by atoms with van der Waals surface area (Å²) >= 11 is 5.74. The van der Waals surface area contributed by atoms with Crippen LogP contribution in [0.2, 0.25) is 5.02 Å². The van der Waals surface area contributed by atoms with Crippen molar-refractivity contribution in [2.24, 2.45) is 11.7 Å². The largest absolute Gasteiger partial charge is 0.368 e. The summed E-state index contributed by atoms with van der Waals surface area (Å²) in [5.74, 6) is -0.668. The molecule has 0 saturated carbocycles. The summed E-state index contributed by atoms with van der Waals surface area (Å²) in [6, 6.07) is 3.26. The number of carbonyl (C=O) groups is 1. The van der Waals surface area contributed by atoms with Gasteiger partial charge in [0.05, 0.1) is 0 Å². The van der Waals surface area contributed by atoms with Crippen LogP contribution in [0.4, 0.5) is 4.39 Å². The highest BCUT2D eigenvalue weighted by molar-refractivity contribution is 6.30. The molecule has 94 valence electrons. The van der Waals surface area contributed by atoms with Crippen LogP contribution in [-0.4, -0.2) is 12.5 Å². The van der Waals surface area contributed by atoms with Crippen molar-refractivity contribution < 1.29 is 9.18 Å². The second-order valence-electron chi connectivity index (χ2n) is 4.34. The highest BCUT2D eigenvalue weighted by Crippen LogP contribution is 2.20. The Balaban J connectivity index is 2.93. The summed E-state index contributed by atoms with van der Waals surface area (Å²) in [5.41, 5.74) is 5.74. The molecule has 1 atom stereocenters. The smallest absolute Gasteiger partial charge is 0.239 e. The van der Waals surface area contributed by atoms with Crippen LogP contribution < -0.4 is 11.1 Å².